The molecule has 0 aliphatic heterocycles. The Labute approximate surface area is 88.9 Å². The number of hydrogen-bond acceptors (Lipinski definition) is 5. The number of halogens is 1. The summed E-state index contributed by atoms with van der Waals surface area (Å²) in [4.78, 5) is 21.1. The number of carbonyl (C=O) groups excluding carboxylic acids is 1. The van der Waals surface area contributed by atoms with Crippen molar-refractivity contribution in [1.82, 2.24) is 0 Å². The molecule has 0 saturated carbocycles. The maximum Gasteiger partial charge on any atom is 0.282 e. The summed E-state index contributed by atoms with van der Waals surface area (Å²) in [6.45, 7) is 0. The van der Waals surface area contributed by atoms with Crippen LogP contribution in [0.5, 0.6) is 0 Å². The lowest BCUT2D eigenvalue weighted by molar-refractivity contribution is -0.385. The highest BCUT2D eigenvalue weighted by Crippen LogP contribution is 2.25. The fraction of sp³-hybridized carbons (Fsp3) is 0. The second-order valence-corrected chi connectivity index (χ2v) is 2.91. The molecule has 0 amide bonds. The second-order valence-electron chi connectivity index (χ2n) is 2.50. The van der Waals surface area contributed by atoms with Crippen LogP contribution >= 0.6 is 11.6 Å². The largest absolute Gasteiger partial charge is 0.411 e. The Morgan fingerprint density at radius 1 is 1.60 bits per heavy atom. The molecule has 0 bridgehead atoms. The molecule has 1 aromatic rings. The molecule has 1 N–H and O–H groups in total. The predicted molar refractivity (Wildman–Crippen MR) is 52.7 cm³/mol. The van der Waals surface area contributed by atoms with E-state index < -0.39 is 16.4 Å². The van der Waals surface area contributed by atoms with Gasteiger partial charge >= 0.3 is 0 Å². The van der Waals surface area contributed by atoms with Crippen molar-refractivity contribution in [3.63, 3.8) is 0 Å². The van der Waals surface area contributed by atoms with Gasteiger partial charge in [-0.2, -0.15) is 0 Å². The number of carbonyl (C=O) groups is 1. The molecule has 0 atom stereocenters. The van der Waals surface area contributed by atoms with Crippen molar-refractivity contribution in [2.24, 2.45) is 5.16 Å². The molecule has 0 aliphatic rings. The van der Waals surface area contributed by atoms with Gasteiger partial charge in [-0.25, -0.2) is 0 Å². The minimum absolute atomic E-state index is 0.0610. The van der Waals surface area contributed by atoms with E-state index in [1.807, 2.05) is 0 Å². The van der Waals surface area contributed by atoms with E-state index in [-0.39, 0.29) is 10.6 Å². The second kappa shape index (κ2) is 4.52. The average molecular weight is 229 g/mol. The van der Waals surface area contributed by atoms with Gasteiger partial charge in [-0.1, -0.05) is 22.8 Å². The molecule has 0 fully saturated rings. The summed E-state index contributed by atoms with van der Waals surface area (Å²) in [7, 11) is 0. The van der Waals surface area contributed by atoms with Crippen molar-refractivity contribution in [1.29, 1.82) is 0 Å². The Hall–Kier alpha value is -1.95. The first kappa shape index (κ1) is 11.1. The van der Waals surface area contributed by atoms with Gasteiger partial charge in [0.1, 0.15) is 11.8 Å². The topological polar surface area (TPSA) is 92.8 Å². The zero-order chi connectivity index (χ0) is 11.4. The van der Waals surface area contributed by atoms with Crippen molar-refractivity contribution < 1.29 is 14.9 Å². The number of hydrogen-bond donors (Lipinski definition) is 1. The van der Waals surface area contributed by atoms with Gasteiger partial charge in [-0.3, -0.25) is 14.9 Å². The highest BCUT2D eigenvalue weighted by molar-refractivity contribution is 6.43. The van der Waals surface area contributed by atoms with Crippen LogP contribution < -0.4 is 0 Å². The SMILES string of the molecule is O=C(C=NO)c1c(Cl)cccc1[N+](=O)[O-]. The average Bonchev–Trinajstić information content (AvgIpc) is 2.17. The van der Waals surface area contributed by atoms with E-state index in [9.17, 15) is 14.9 Å². The van der Waals surface area contributed by atoms with Crippen LogP contribution in [0.2, 0.25) is 5.02 Å². The summed E-state index contributed by atoms with van der Waals surface area (Å²) < 4.78 is 0. The molecule has 0 unspecified atom stereocenters. The maximum absolute atomic E-state index is 11.3. The third-order valence-corrected chi connectivity index (χ3v) is 1.92. The van der Waals surface area contributed by atoms with Gasteiger partial charge in [0.05, 0.1) is 9.95 Å². The molecule has 0 saturated heterocycles. The van der Waals surface area contributed by atoms with Crippen molar-refractivity contribution in [2.45, 2.75) is 0 Å². The summed E-state index contributed by atoms with van der Waals surface area (Å²) >= 11 is 5.64. The summed E-state index contributed by atoms with van der Waals surface area (Å²) in [5.74, 6) is -0.824. The molecular weight excluding hydrogens is 224 g/mol. The Balaban J connectivity index is 3.37. The van der Waals surface area contributed by atoms with E-state index in [1.165, 1.54) is 12.1 Å². The van der Waals surface area contributed by atoms with E-state index in [1.54, 1.807) is 0 Å². The van der Waals surface area contributed by atoms with Crippen LogP contribution in [0.3, 0.4) is 0 Å². The first-order valence-corrected chi connectivity index (χ1v) is 4.10. The molecule has 7 heteroatoms. The summed E-state index contributed by atoms with van der Waals surface area (Å²) in [6, 6.07) is 3.84. The van der Waals surface area contributed by atoms with Crippen LogP contribution in [0, 0.1) is 10.1 Å². The molecule has 0 spiro atoms. The van der Waals surface area contributed by atoms with Crippen LogP contribution in [-0.4, -0.2) is 22.1 Å². The number of ketones is 1. The Morgan fingerprint density at radius 2 is 2.27 bits per heavy atom. The minimum atomic E-state index is -0.824. The molecule has 0 radical (unpaired) electrons. The minimum Gasteiger partial charge on any atom is -0.411 e. The van der Waals surface area contributed by atoms with Crippen molar-refractivity contribution in [2.75, 3.05) is 0 Å². The van der Waals surface area contributed by atoms with Gasteiger partial charge < -0.3 is 5.21 Å². The van der Waals surface area contributed by atoms with E-state index >= 15 is 0 Å². The first-order valence-electron chi connectivity index (χ1n) is 3.72. The number of rotatable bonds is 3. The lowest BCUT2D eigenvalue weighted by atomic mass is 10.1. The van der Waals surface area contributed by atoms with Gasteiger partial charge in [-0.15, -0.1) is 0 Å². The number of Topliss-reactive ketones (excluding diaryl/α,β-unsaturated/α-hetero) is 1. The molecule has 1 rings (SSSR count). The van der Waals surface area contributed by atoms with Gasteiger partial charge in [0, 0.05) is 6.07 Å². The zero-order valence-electron chi connectivity index (χ0n) is 7.25. The molecule has 0 aliphatic carbocycles. The van der Waals surface area contributed by atoms with Gasteiger partial charge in [0.25, 0.3) is 5.69 Å². The van der Waals surface area contributed by atoms with E-state index in [2.05, 4.69) is 5.16 Å². The lowest BCUT2D eigenvalue weighted by Gasteiger charge is -2.00. The van der Waals surface area contributed by atoms with E-state index in [0.29, 0.717) is 6.21 Å². The smallest absolute Gasteiger partial charge is 0.282 e. The quantitative estimate of drug-likeness (QED) is 0.281. The number of benzene rings is 1. The Morgan fingerprint density at radius 3 is 2.80 bits per heavy atom. The summed E-state index contributed by atoms with van der Waals surface area (Å²) in [5.41, 5.74) is -0.714. The van der Waals surface area contributed by atoms with E-state index in [0.717, 1.165) is 6.07 Å². The summed E-state index contributed by atoms with van der Waals surface area (Å²) in [5, 5.41) is 21.2. The zero-order valence-corrected chi connectivity index (χ0v) is 8.01. The standard InChI is InChI=1S/C8H5ClN2O4/c9-5-2-1-3-6(11(14)15)8(5)7(12)4-10-13/h1-4,13H. The van der Waals surface area contributed by atoms with Crippen LogP contribution in [0.15, 0.2) is 23.4 Å². The molecule has 6 nitrogen and oxygen atoms in total. The van der Waals surface area contributed by atoms with Gasteiger partial charge in [0.2, 0.25) is 5.78 Å². The highest BCUT2D eigenvalue weighted by Gasteiger charge is 2.21. The fourth-order valence-corrected chi connectivity index (χ4v) is 1.29. The van der Waals surface area contributed by atoms with Crippen molar-refractivity contribution in [3.8, 4) is 0 Å². The first-order chi connectivity index (χ1) is 7.07. The van der Waals surface area contributed by atoms with Crippen molar-refractivity contribution in [3.05, 3.63) is 38.9 Å². The van der Waals surface area contributed by atoms with Crippen LogP contribution in [-0.2, 0) is 0 Å². The Bertz CT molecular complexity index is 444. The monoisotopic (exact) mass is 228 g/mol. The third-order valence-electron chi connectivity index (χ3n) is 1.61. The lowest BCUT2D eigenvalue weighted by Crippen LogP contribution is -2.05. The number of nitro benzene ring substituents is 1. The summed E-state index contributed by atoms with van der Waals surface area (Å²) in [6.07, 6.45) is 0.550. The highest BCUT2D eigenvalue weighted by atomic mass is 35.5. The fourth-order valence-electron chi connectivity index (χ4n) is 1.03. The van der Waals surface area contributed by atoms with Crippen LogP contribution in [0.25, 0.3) is 0 Å². The van der Waals surface area contributed by atoms with Gasteiger partial charge in [-0.05, 0) is 6.07 Å². The molecule has 15 heavy (non-hydrogen) atoms. The number of nitro groups is 1. The molecule has 78 valence electrons. The third kappa shape index (κ3) is 2.29. The van der Waals surface area contributed by atoms with E-state index in [4.69, 9.17) is 16.8 Å². The molecule has 0 aromatic heterocycles. The maximum atomic E-state index is 11.3. The number of oxime groups is 1. The predicted octanol–water partition coefficient (Wildman–Crippen LogP) is 1.89. The molecule has 1 aromatic carbocycles. The Kier molecular flexibility index (Phi) is 3.35. The van der Waals surface area contributed by atoms with Crippen LogP contribution in [0.4, 0.5) is 5.69 Å². The molecular formula is C8H5ClN2O4. The van der Waals surface area contributed by atoms with Crippen molar-refractivity contribution >= 4 is 29.3 Å². The number of nitrogens with zero attached hydrogens (tertiary/aromatic N) is 2. The van der Waals surface area contributed by atoms with Gasteiger partial charge in [0.15, 0.2) is 0 Å². The molecule has 0 heterocycles. The van der Waals surface area contributed by atoms with Crippen LogP contribution in [0.1, 0.15) is 10.4 Å². The normalized spacial score (nSPS) is 10.5.